The van der Waals surface area contributed by atoms with Gasteiger partial charge < -0.3 is 15.3 Å². The first-order valence-electron chi connectivity index (χ1n) is 10.4. The molecule has 1 atom stereocenters. The lowest BCUT2D eigenvalue weighted by molar-refractivity contribution is -0.129. The number of carbonyl (C=O) groups is 3. The number of anilines is 2. The van der Waals surface area contributed by atoms with Crippen LogP contribution in [0, 0.1) is 5.41 Å². The number of thioether (sulfide) groups is 1. The number of hydrogen-bond donors (Lipinski definition) is 3. The number of hydrazone groups is 1. The summed E-state index contributed by atoms with van der Waals surface area (Å²) in [6, 6.07) is 13.6. The minimum atomic E-state index is -1.06. The molecular weight excluding hydrogens is 454 g/mol. The highest BCUT2D eigenvalue weighted by molar-refractivity contribution is 8.14. The van der Waals surface area contributed by atoms with Crippen molar-refractivity contribution in [2.75, 3.05) is 24.3 Å². The van der Waals surface area contributed by atoms with Crippen molar-refractivity contribution >= 4 is 57.9 Å². The standard InChI is InChI=1S/C24H25N5O4S/c1-15(4-5-16-6-12-19(13-7-16)28(2)3)27-29-21(30)14-20(34-24(29)25)22(31)26-18-10-8-17(9-11-18)23(32)33/h4-13,20,25H,14H2,1-3H3,(H,26,31)(H,32,33)/b5-4-,25-24?,27-15?/t20-/m0/s1. The Labute approximate surface area is 201 Å². The van der Waals surface area contributed by atoms with Crippen LogP contribution >= 0.6 is 11.8 Å². The Morgan fingerprint density at radius 2 is 1.82 bits per heavy atom. The molecule has 1 heterocycles. The van der Waals surface area contributed by atoms with E-state index in [9.17, 15) is 14.4 Å². The van der Waals surface area contributed by atoms with Crippen LogP contribution in [-0.4, -0.2) is 58.1 Å². The van der Waals surface area contributed by atoms with E-state index >= 15 is 0 Å². The van der Waals surface area contributed by atoms with Gasteiger partial charge in [-0.05, 0) is 55.0 Å². The lowest BCUT2D eigenvalue weighted by Gasteiger charge is -2.27. The number of nitrogens with zero attached hydrogens (tertiary/aromatic N) is 3. The second-order valence-corrected chi connectivity index (χ2v) is 8.95. The van der Waals surface area contributed by atoms with Crippen LogP contribution in [0.2, 0.25) is 0 Å². The topological polar surface area (TPSA) is 126 Å². The summed E-state index contributed by atoms with van der Waals surface area (Å²) in [5.41, 5.74) is 3.11. The molecule has 0 aliphatic carbocycles. The maximum Gasteiger partial charge on any atom is 0.335 e. The van der Waals surface area contributed by atoms with Crippen LogP contribution in [0.5, 0.6) is 0 Å². The van der Waals surface area contributed by atoms with E-state index in [1.807, 2.05) is 49.3 Å². The maximum atomic E-state index is 12.6. The van der Waals surface area contributed by atoms with Crippen molar-refractivity contribution in [1.29, 1.82) is 5.41 Å². The molecule has 3 rings (SSSR count). The van der Waals surface area contributed by atoms with Gasteiger partial charge >= 0.3 is 5.97 Å². The number of benzene rings is 2. The predicted molar refractivity (Wildman–Crippen MR) is 136 cm³/mol. The Kier molecular flexibility index (Phi) is 7.85. The van der Waals surface area contributed by atoms with Gasteiger partial charge in [-0.15, -0.1) is 0 Å². The summed E-state index contributed by atoms with van der Waals surface area (Å²) in [7, 11) is 3.94. The fourth-order valence-corrected chi connectivity index (χ4v) is 3.95. The monoisotopic (exact) mass is 479 g/mol. The van der Waals surface area contributed by atoms with Gasteiger partial charge in [-0.2, -0.15) is 10.1 Å². The average Bonchev–Trinajstić information content (AvgIpc) is 2.80. The number of allylic oxidation sites excluding steroid dienone is 1. The van der Waals surface area contributed by atoms with E-state index in [0.29, 0.717) is 11.4 Å². The van der Waals surface area contributed by atoms with Crippen LogP contribution in [0.4, 0.5) is 11.4 Å². The molecule has 2 aromatic carbocycles. The molecule has 0 unspecified atom stereocenters. The SMILES string of the molecule is CC(/C=C\c1ccc(N(C)C)cc1)=NN1C(=N)S[C@H](C(=O)Nc2ccc(C(=O)O)cc2)CC1=O. The molecule has 34 heavy (non-hydrogen) atoms. The van der Waals surface area contributed by atoms with Crippen LogP contribution in [0.1, 0.15) is 29.3 Å². The molecule has 10 heteroatoms. The van der Waals surface area contributed by atoms with Gasteiger partial charge in [0.25, 0.3) is 5.91 Å². The number of carbonyl (C=O) groups excluding carboxylic acids is 2. The summed E-state index contributed by atoms with van der Waals surface area (Å²) in [5, 5.41) is 24.1. The molecular formula is C24H25N5O4S. The molecule has 176 valence electrons. The number of amidine groups is 1. The van der Waals surface area contributed by atoms with E-state index in [1.54, 1.807) is 13.0 Å². The molecule has 1 aliphatic heterocycles. The summed E-state index contributed by atoms with van der Waals surface area (Å²) >= 11 is 0.941. The van der Waals surface area contributed by atoms with Crippen molar-refractivity contribution in [2.24, 2.45) is 5.10 Å². The molecule has 2 amide bonds. The van der Waals surface area contributed by atoms with Gasteiger partial charge in [0.2, 0.25) is 5.91 Å². The normalized spacial score (nSPS) is 16.6. The molecule has 9 nitrogen and oxygen atoms in total. The van der Waals surface area contributed by atoms with Crippen molar-refractivity contribution in [3.8, 4) is 0 Å². The first kappa shape index (κ1) is 24.7. The van der Waals surface area contributed by atoms with E-state index < -0.39 is 23.0 Å². The van der Waals surface area contributed by atoms with E-state index in [4.69, 9.17) is 10.5 Å². The average molecular weight is 480 g/mol. The largest absolute Gasteiger partial charge is 0.478 e. The number of hydrogen-bond acceptors (Lipinski definition) is 7. The first-order chi connectivity index (χ1) is 16.1. The van der Waals surface area contributed by atoms with E-state index in [2.05, 4.69) is 10.4 Å². The lowest BCUT2D eigenvalue weighted by atomic mass is 10.1. The minimum absolute atomic E-state index is 0.102. The Morgan fingerprint density at radius 3 is 2.38 bits per heavy atom. The third kappa shape index (κ3) is 6.32. The Morgan fingerprint density at radius 1 is 1.18 bits per heavy atom. The molecule has 0 spiro atoms. The summed E-state index contributed by atoms with van der Waals surface area (Å²) in [6.07, 6.45) is 3.52. The number of rotatable bonds is 7. The first-order valence-corrected chi connectivity index (χ1v) is 11.2. The molecule has 1 fully saturated rings. The molecule has 3 N–H and O–H groups in total. The molecule has 2 aromatic rings. The number of carboxylic acids is 1. The van der Waals surface area contributed by atoms with Crippen molar-refractivity contribution < 1.29 is 19.5 Å². The van der Waals surface area contributed by atoms with Crippen molar-refractivity contribution in [1.82, 2.24) is 5.01 Å². The highest BCUT2D eigenvalue weighted by atomic mass is 32.2. The summed E-state index contributed by atoms with van der Waals surface area (Å²) in [6.45, 7) is 1.73. The van der Waals surface area contributed by atoms with Gasteiger partial charge in [0.15, 0.2) is 5.17 Å². The zero-order chi connectivity index (χ0) is 24.8. The molecule has 0 aromatic heterocycles. The van der Waals surface area contributed by atoms with E-state index in [0.717, 1.165) is 28.0 Å². The van der Waals surface area contributed by atoms with Crippen molar-refractivity contribution in [3.63, 3.8) is 0 Å². The Hall–Kier alpha value is -3.92. The highest BCUT2D eigenvalue weighted by Crippen LogP contribution is 2.27. The number of aromatic carboxylic acids is 1. The third-order valence-electron chi connectivity index (χ3n) is 4.92. The fourth-order valence-electron chi connectivity index (χ4n) is 3.04. The van der Waals surface area contributed by atoms with Gasteiger partial charge in [-0.1, -0.05) is 30.0 Å². The number of carboxylic acid groups (broad SMARTS) is 1. The van der Waals surface area contributed by atoms with Gasteiger partial charge in [0.05, 0.1) is 17.7 Å². The quantitative estimate of drug-likeness (QED) is 0.519. The zero-order valence-electron chi connectivity index (χ0n) is 19.0. The number of amides is 2. The summed E-state index contributed by atoms with van der Waals surface area (Å²) in [4.78, 5) is 38.1. The van der Waals surface area contributed by atoms with Crippen LogP contribution in [0.3, 0.4) is 0 Å². The van der Waals surface area contributed by atoms with E-state index in [-0.39, 0.29) is 17.2 Å². The number of nitrogens with one attached hydrogen (secondary N) is 2. The van der Waals surface area contributed by atoms with Gasteiger partial charge in [0, 0.05) is 25.5 Å². The lowest BCUT2D eigenvalue weighted by Crippen LogP contribution is -2.42. The van der Waals surface area contributed by atoms with Crippen molar-refractivity contribution in [2.45, 2.75) is 18.6 Å². The minimum Gasteiger partial charge on any atom is -0.478 e. The highest BCUT2D eigenvalue weighted by Gasteiger charge is 2.35. The van der Waals surface area contributed by atoms with Crippen LogP contribution in [0.15, 0.2) is 59.7 Å². The maximum absolute atomic E-state index is 12.6. The van der Waals surface area contributed by atoms with Crippen LogP contribution in [0.25, 0.3) is 6.08 Å². The van der Waals surface area contributed by atoms with Gasteiger partial charge in [-0.3, -0.25) is 15.0 Å². The third-order valence-corrected chi connectivity index (χ3v) is 5.98. The van der Waals surface area contributed by atoms with Gasteiger partial charge in [-0.25, -0.2) is 4.79 Å². The molecule has 0 bridgehead atoms. The molecule has 0 radical (unpaired) electrons. The van der Waals surface area contributed by atoms with Crippen LogP contribution in [-0.2, 0) is 9.59 Å². The molecule has 1 saturated heterocycles. The smallest absolute Gasteiger partial charge is 0.335 e. The van der Waals surface area contributed by atoms with Gasteiger partial charge in [0.1, 0.15) is 5.25 Å². The predicted octanol–water partition coefficient (Wildman–Crippen LogP) is 3.75. The fraction of sp³-hybridized carbons (Fsp3) is 0.208. The van der Waals surface area contributed by atoms with Crippen molar-refractivity contribution in [3.05, 3.63) is 65.7 Å². The summed E-state index contributed by atoms with van der Waals surface area (Å²) < 4.78 is 0. The second-order valence-electron chi connectivity index (χ2n) is 7.75. The Balaban J connectivity index is 1.60. The summed E-state index contributed by atoms with van der Waals surface area (Å²) in [5.74, 6) is -1.95. The molecule has 1 aliphatic rings. The van der Waals surface area contributed by atoms with E-state index in [1.165, 1.54) is 24.3 Å². The molecule has 0 saturated carbocycles. The van der Waals surface area contributed by atoms with Crippen LogP contribution < -0.4 is 10.2 Å². The zero-order valence-corrected chi connectivity index (χ0v) is 19.8. The second kappa shape index (κ2) is 10.8. The Bertz CT molecular complexity index is 1140.